The van der Waals surface area contributed by atoms with Crippen LogP contribution in [0.4, 0.5) is 0 Å². The van der Waals surface area contributed by atoms with E-state index < -0.39 is 0 Å². The second kappa shape index (κ2) is 6.96. The Morgan fingerprint density at radius 2 is 2.05 bits per heavy atom. The Hall–Kier alpha value is -2.01. The Morgan fingerprint density at radius 3 is 2.70 bits per heavy atom. The molecule has 108 valence electrons. The molecule has 2 rings (SSSR count). The van der Waals surface area contributed by atoms with Gasteiger partial charge >= 0.3 is 0 Å². The van der Waals surface area contributed by atoms with Crippen LogP contribution in [0.5, 0.6) is 11.5 Å². The molecule has 5 heteroatoms. The van der Waals surface area contributed by atoms with Crippen LogP contribution in [-0.4, -0.2) is 19.2 Å². The topological polar surface area (TPSA) is 56.5 Å². The number of hydrogen-bond donors (Lipinski definition) is 1. The molecule has 1 aromatic heterocycles. The van der Waals surface area contributed by atoms with Gasteiger partial charge in [-0.3, -0.25) is 0 Å². The molecule has 0 saturated heterocycles. The number of hydrogen-bond acceptors (Lipinski definition) is 5. The summed E-state index contributed by atoms with van der Waals surface area (Å²) in [7, 11) is 3.27. The first-order chi connectivity index (χ1) is 9.78. The first-order valence-electron chi connectivity index (χ1n) is 6.62. The number of methoxy groups -OCH3 is 2. The summed E-state index contributed by atoms with van der Waals surface area (Å²) in [5.74, 6) is 3.09. The number of benzene rings is 1. The summed E-state index contributed by atoms with van der Waals surface area (Å²) in [6, 6.07) is 5.82. The van der Waals surface area contributed by atoms with Crippen LogP contribution in [0.15, 0.2) is 28.8 Å². The highest BCUT2D eigenvalue weighted by molar-refractivity contribution is 5.46. The molecule has 0 amide bonds. The molecule has 0 aliphatic heterocycles. The van der Waals surface area contributed by atoms with Gasteiger partial charge in [0.15, 0.2) is 11.5 Å². The number of ether oxygens (including phenoxy) is 2. The predicted octanol–water partition coefficient (Wildman–Crippen LogP) is 2.54. The summed E-state index contributed by atoms with van der Waals surface area (Å²) in [6.07, 6.45) is 2.62. The maximum absolute atomic E-state index is 5.54. The predicted molar refractivity (Wildman–Crippen MR) is 76.0 cm³/mol. The van der Waals surface area contributed by atoms with Crippen molar-refractivity contribution in [2.24, 2.45) is 0 Å². The maximum atomic E-state index is 5.54. The number of oxazole rings is 1. The molecular weight excluding hydrogens is 256 g/mol. The van der Waals surface area contributed by atoms with Gasteiger partial charge in [-0.15, -0.1) is 0 Å². The van der Waals surface area contributed by atoms with Gasteiger partial charge in [0.25, 0.3) is 0 Å². The average molecular weight is 276 g/mol. The van der Waals surface area contributed by atoms with Crippen molar-refractivity contribution in [2.75, 3.05) is 14.2 Å². The zero-order valence-corrected chi connectivity index (χ0v) is 12.1. The molecule has 5 nitrogen and oxygen atoms in total. The highest BCUT2D eigenvalue weighted by Crippen LogP contribution is 2.30. The Labute approximate surface area is 118 Å². The van der Waals surface area contributed by atoms with Crippen LogP contribution in [0.1, 0.15) is 24.1 Å². The summed E-state index contributed by atoms with van der Waals surface area (Å²) in [4.78, 5) is 4.21. The first-order valence-corrected chi connectivity index (χ1v) is 6.62. The van der Waals surface area contributed by atoms with Gasteiger partial charge in [-0.1, -0.05) is 19.1 Å². The minimum Gasteiger partial charge on any atom is -0.493 e. The minimum atomic E-state index is 0.584. The first kappa shape index (κ1) is 14.4. The highest BCUT2D eigenvalue weighted by Gasteiger charge is 2.09. The van der Waals surface area contributed by atoms with Crippen LogP contribution >= 0.6 is 0 Å². The quantitative estimate of drug-likeness (QED) is 0.842. The van der Waals surface area contributed by atoms with Crippen molar-refractivity contribution in [1.82, 2.24) is 10.3 Å². The number of nitrogens with zero attached hydrogens (tertiary/aromatic N) is 1. The van der Waals surface area contributed by atoms with E-state index in [1.807, 2.05) is 25.1 Å². The normalized spacial score (nSPS) is 10.6. The molecule has 0 saturated carbocycles. The Kier molecular flexibility index (Phi) is 5.01. The Morgan fingerprint density at radius 1 is 1.20 bits per heavy atom. The van der Waals surface area contributed by atoms with Crippen LogP contribution in [0.25, 0.3) is 0 Å². The maximum Gasteiger partial charge on any atom is 0.208 e. The highest BCUT2D eigenvalue weighted by atomic mass is 16.5. The lowest BCUT2D eigenvalue weighted by Gasteiger charge is -2.12. The molecule has 0 aliphatic rings. The van der Waals surface area contributed by atoms with Crippen LogP contribution in [0, 0.1) is 0 Å². The third-order valence-corrected chi connectivity index (χ3v) is 3.03. The minimum absolute atomic E-state index is 0.584. The third kappa shape index (κ3) is 3.30. The molecule has 1 aromatic carbocycles. The van der Waals surface area contributed by atoms with Crippen LogP contribution < -0.4 is 14.8 Å². The fourth-order valence-corrected chi connectivity index (χ4v) is 1.99. The number of aromatic nitrogens is 1. The average Bonchev–Trinajstić information content (AvgIpc) is 2.94. The van der Waals surface area contributed by atoms with Crippen LogP contribution in [-0.2, 0) is 19.5 Å². The van der Waals surface area contributed by atoms with E-state index in [1.54, 1.807) is 20.4 Å². The van der Waals surface area contributed by atoms with Gasteiger partial charge in [0, 0.05) is 18.5 Å². The number of nitrogens with one attached hydrogen (secondary N) is 1. The fourth-order valence-electron chi connectivity index (χ4n) is 1.99. The van der Waals surface area contributed by atoms with E-state index in [1.165, 1.54) is 0 Å². The summed E-state index contributed by atoms with van der Waals surface area (Å²) in [5.41, 5.74) is 1.04. The Bertz CT molecular complexity index is 552. The standard InChI is InChI=1S/C15H20N2O3/c1-4-12-9-17-14(20-12)10-16-8-11-6-5-7-13(18-2)15(11)19-3/h5-7,9,16H,4,8,10H2,1-3H3. The molecule has 0 radical (unpaired) electrons. The molecule has 1 heterocycles. The molecule has 0 spiro atoms. The van der Waals surface area contributed by atoms with Gasteiger partial charge in [-0.2, -0.15) is 0 Å². The molecule has 0 fully saturated rings. The lowest BCUT2D eigenvalue weighted by molar-refractivity contribution is 0.350. The lowest BCUT2D eigenvalue weighted by Crippen LogP contribution is -2.13. The van der Waals surface area contributed by atoms with Crippen molar-refractivity contribution in [3.05, 3.63) is 41.6 Å². The Balaban J connectivity index is 1.97. The van der Waals surface area contributed by atoms with Gasteiger partial charge in [0.1, 0.15) is 5.76 Å². The van der Waals surface area contributed by atoms with Crippen molar-refractivity contribution in [3.63, 3.8) is 0 Å². The van der Waals surface area contributed by atoms with Crippen LogP contribution in [0.3, 0.4) is 0 Å². The van der Waals surface area contributed by atoms with Crippen molar-refractivity contribution in [2.45, 2.75) is 26.4 Å². The van der Waals surface area contributed by atoms with E-state index in [0.717, 1.165) is 29.2 Å². The second-order valence-corrected chi connectivity index (χ2v) is 4.33. The third-order valence-electron chi connectivity index (χ3n) is 3.03. The second-order valence-electron chi connectivity index (χ2n) is 4.33. The van der Waals surface area contributed by atoms with Crippen LogP contribution in [0.2, 0.25) is 0 Å². The molecule has 1 N–H and O–H groups in total. The molecule has 0 unspecified atom stereocenters. The number of rotatable bonds is 7. The smallest absolute Gasteiger partial charge is 0.208 e. The molecule has 0 atom stereocenters. The van der Waals surface area contributed by atoms with E-state index in [4.69, 9.17) is 13.9 Å². The summed E-state index contributed by atoms with van der Waals surface area (Å²) >= 11 is 0. The zero-order valence-electron chi connectivity index (χ0n) is 12.1. The molecule has 20 heavy (non-hydrogen) atoms. The van der Waals surface area contributed by atoms with Crippen molar-refractivity contribution in [1.29, 1.82) is 0 Å². The van der Waals surface area contributed by atoms with E-state index in [9.17, 15) is 0 Å². The van der Waals surface area contributed by atoms with Gasteiger partial charge < -0.3 is 19.2 Å². The van der Waals surface area contributed by atoms with Gasteiger partial charge in [-0.05, 0) is 6.07 Å². The van der Waals surface area contributed by atoms with Crippen molar-refractivity contribution >= 4 is 0 Å². The zero-order chi connectivity index (χ0) is 14.4. The number of para-hydroxylation sites is 1. The van der Waals surface area contributed by atoms with Crippen molar-refractivity contribution in [3.8, 4) is 11.5 Å². The van der Waals surface area contributed by atoms with E-state index in [-0.39, 0.29) is 0 Å². The van der Waals surface area contributed by atoms with E-state index in [0.29, 0.717) is 19.0 Å². The molecular formula is C15H20N2O3. The number of aryl methyl sites for hydroxylation is 1. The van der Waals surface area contributed by atoms with Crippen molar-refractivity contribution < 1.29 is 13.9 Å². The lowest BCUT2D eigenvalue weighted by atomic mass is 10.2. The van der Waals surface area contributed by atoms with Gasteiger partial charge in [-0.25, -0.2) is 4.98 Å². The molecule has 2 aromatic rings. The summed E-state index contributed by atoms with van der Waals surface area (Å²) in [5, 5.41) is 3.29. The summed E-state index contributed by atoms with van der Waals surface area (Å²) in [6.45, 7) is 3.28. The monoisotopic (exact) mass is 276 g/mol. The van der Waals surface area contributed by atoms with E-state index >= 15 is 0 Å². The molecule has 0 aliphatic carbocycles. The SMILES string of the molecule is CCc1cnc(CNCc2cccc(OC)c2OC)o1. The van der Waals surface area contributed by atoms with E-state index in [2.05, 4.69) is 10.3 Å². The molecule has 0 bridgehead atoms. The fraction of sp³-hybridized carbons (Fsp3) is 0.400. The largest absolute Gasteiger partial charge is 0.493 e. The van der Waals surface area contributed by atoms with Gasteiger partial charge in [0.2, 0.25) is 5.89 Å². The van der Waals surface area contributed by atoms with Gasteiger partial charge in [0.05, 0.1) is 27.0 Å². The summed E-state index contributed by atoms with van der Waals surface area (Å²) < 4.78 is 16.2.